The number of carbonyl (C=O) groups excluding carboxylic acids is 2. The van der Waals surface area contributed by atoms with Crippen LogP contribution in [0.5, 0.6) is 0 Å². The summed E-state index contributed by atoms with van der Waals surface area (Å²) < 4.78 is 19.2. The van der Waals surface area contributed by atoms with Crippen molar-refractivity contribution in [1.29, 1.82) is 0 Å². The highest BCUT2D eigenvalue weighted by atomic mass is 32.2. The Bertz CT molecular complexity index is 1240. The molecule has 0 spiro atoms. The van der Waals surface area contributed by atoms with E-state index in [0.29, 0.717) is 39.0 Å². The second-order valence-corrected chi connectivity index (χ2v) is 11.3. The fraction of sp³-hybridized carbons (Fsp3) is 0.450. The third-order valence-corrected chi connectivity index (χ3v) is 8.89. The van der Waals surface area contributed by atoms with Gasteiger partial charge in [-0.2, -0.15) is 5.10 Å². The van der Waals surface area contributed by atoms with Gasteiger partial charge in [0.1, 0.15) is 11.9 Å². The van der Waals surface area contributed by atoms with Crippen LogP contribution in [0.4, 0.5) is 10.5 Å². The molecular formula is C20H25N7O4S2. The van der Waals surface area contributed by atoms with Gasteiger partial charge in [0.15, 0.2) is 5.01 Å². The molecule has 5 N–H and O–H groups in total. The van der Waals surface area contributed by atoms with E-state index in [4.69, 9.17) is 16.2 Å². The summed E-state index contributed by atoms with van der Waals surface area (Å²) in [6, 6.07) is 1.67. The maximum Gasteiger partial charge on any atom is 0.405 e. The molecule has 13 heteroatoms. The van der Waals surface area contributed by atoms with Crippen LogP contribution in [-0.4, -0.2) is 54.3 Å². The molecule has 3 aromatic heterocycles. The van der Waals surface area contributed by atoms with Crippen molar-refractivity contribution >= 4 is 45.7 Å². The average Bonchev–Trinajstić information content (AvgIpc) is 3.40. The molecule has 3 heterocycles. The van der Waals surface area contributed by atoms with Gasteiger partial charge in [0.25, 0.3) is 5.91 Å². The van der Waals surface area contributed by atoms with E-state index < -0.39 is 34.2 Å². The van der Waals surface area contributed by atoms with E-state index in [1.54, 1.807) is 17.0 Å². The molecule has 11 nitrogen and oxygen atoms in total. The predicted molar refractivity (Wildman–Crippen MR) is 124 cm³/mol. The van der Waals surface area contributed by atoms with Crippen LogP contribution in [0.15, 0.2) is 22.8 Å². The van der Waals surface area contributed by atoms with Gasteiger partial charge in [0.05, 0.1) is 23.0 Å². The van der Waals surface area contributed by atoms with Crippen molar-refractivity contribution in [2.24, 2.45) is 16.9 Å². The van der Waals surface area contributed by atoms with Gasteiger partial charge in [-0.25, -0.2) is 9.31 Å². The lowest BCUT2D eigenvalue weighted by atomic mass is 9.76. The van der Waals surface area contributed by atoms with E-state index >= 15 is 0 Å². The quantitative estimate of drug-likeness (QED) is 0.440. The Hall–Kier alpha value is -2.90. The SMILES string of the molecule is C[S+]([O-])c1nnc(-c2cc3c(N[C@@H]4CC[C@](C)(OC(N)=O)C4(C)C)c(C(N)=O)cnn3c2)s1. The van der Waals surface area contributed by atoms with Crippen LogP contribution < -0.4 is 16.8 Å². The molecule has 1 aliphatic rings. The molecule has 0 bridgehead atoms. The van der Waals surface area contributed by atoms with E-state index in [1.165, 1.54) is 17.5 Å². The monoisotopic (exact) mass is 491 g/mol. The molecule has 2 amide bonds. The number of hydrogen-bond donors (Lipinski definition) is 3. The van der Waals surface area contributed by atoms with E-state index in [1.807, 2.05) is 26.8 Å². The number of primary amides is 2. The number of nitrogens with zero attached hydrogens (tertiary/aromatic N) is 4. The molecule has 1 saturated carbocycles. The molecule has 3 aromatic rings. The first kappa shape index (κ1) is 23.3. The van der Waals surface area contributed by atoms with Gasteiger partial charge in [-0.15, -0.1) is 5.10 Å². The van der Waals surface area contributed by atoms with E-state index in [0.717, 1.165) is 0 Å². The number of hydrogen-bond acceptors (Lipinski definition) is 9. The zero-order valence-corrected chi connectivity index (χ0v) is 20.2. The Kier molecular flexibility index (Phi) is 5.75. The van der Waals surface area contributed by atoms with Gasteiger partial charge < -0.3 is 26.1 Å². The summed E-state index contributed by atoms with van der Waals surface area (Å²) in [5.41, 5.74) is 11.8. The van der Waals surface area contributed by atoms with Crippen molar-refractivity contribution in [2.45, 2.75) is 49.6 Å². The van der Waals surface area contributed by atoms with Crippen molar-refractivity contribution in [3.05, 3.63) is 24.0 Å². The van der Waals surface area contributed by atoms with Gasteiger partial charge in [-0.3, -0.25) is 4.79 Å². The number of nitrogens with one attached hydrogen (secondary N) is 1. The van der Waals surface area contributed by atoms with Gasteiger partial charge in [0.2, 0.25) is 0 Å². The van der Waals surface area contributed by atoms with Crippen LogP contribution in [0.3, 0.4) is 0 Å². The zero-order chi connectivity index (χ0) is 24.1. The summed E-state index contributed by atoms with van der Waals surface area (Å²) >= 11 is -0.00578. The Balaban J connectivity index is 1.76. The molecule has 176 valence electrons. The highest BCUT2D eigenvalue weighted by Gasteiger charge is 2.54. The van der Waals surface area contributed by atoms with Gasteiger partial charge in [-0.1, -0.05) is 18.9 Å². The standard InChI is InChI=1S/C20H25N7O4S2/c1-19(2)13(5-6-20(19,3)31-17(22)29)24-14-11(15(21)28)8-23-27-9-10(7-12(14)27)16-25-26-18(32-16)33(4)30/h7-9,13,24H,5-6H2,1-4H3,(H2,21,28)(H2,22,29)/t13-,20+,33?/m1/s1. The fourth-order valence-electron chi connectivity index (χ4n) is 4.26. The first-order valence-corrected chi connectivity index (χ1v) is 12.5. The van der Waals surface area contributed by atoms with Gasteiger partial charge in [0, 0.05) is 34.4 Å². The molecule has 0 radical (unpaired) electrons. The molecule has 4 rings (SSSR count). The van der Waals surface area contributed by atoms with E-state index in [2.05, 4.69) is 20.6 Å². The Morgan fingerprint density at radius 1 is 1.33 bits per heavy atom. The van der Waals surface area contributed by atoms with Gasteiger partial charge >= 0.3 is 10.4 Å². The van der Waals surface area contributed by atoms with Crippen molar-refractivity contribution in [3.63, 3.8) is 0 Å². The molecule has 0 saturated heterocycles. The fourth-order valence-corrected chi connectivity index (χ4v) is 5.68. The summed E-state index contributed by atoms with van der Waals surface area (Å²) in [6.45, 7) is 5.83. The largest absolute Gasteiger partial charge is 0.610 e. The lowest BCUT2D eigenvalue weighted by Gasteiger charge is -2.40. The normalized spacial score (nSPS) is 22.9. The molecule has 0 aliphatic heterocycles. The van der Waals surface area contributed by atoms with Crippen LogP contribution in [0.25, 0.3) is 16.1 Å². The van der Waals surface area contributed by atoms with Crippen LogP contribution >= 0.6 is 11.3 Å². The molecule has 33 heavy (non-hydrogen) atoms. The van der Waals surface area contributed by atoms with Crippen molar-refractivity contribution in [1.82, 2.24) is 19.8 Å². The summed E-state index contributed by atoms with van der Waals surface area (Å²) in [5.74, 6) is -0.623. The first-order valence-electron chi connectivity index (χ1n) is 10.2. The van der Waals surface area contributed by atoms with Crippen LogP contribution in [0.2, 0.25) is 0 Å². The van der Waals surface area contributed by atoms with Gasteiger partial charge in [-0.05, 0) is 37.2 Å². The minimum atomic E-state index is -1.23. The second-order valence-electron chi connectivity index (χ2n) is 8.79. The van der Waals surface area contributed by atoms with Crippen molar-refractivity contribution in [3.8, 4) is 10.6 Å². The highest BCUT2D eigenvalue weighted by molar-refractivity contribution is 7.92. The topological polar surface area (TPSA) is 174 Å². The zero-order valence-electron chi connectivity index (χ0n) is 18.6. The number of carbonyl (C=O) groups is 2. The third kappa shape index (κ3) is 4.00. The highest BCUT2D eigenvalue weighted by Crippen LogP contribution is 2.50. The molecule has 0 aromatic carbocycles. The maximum atomic E-state index is 12.2. The summed E-state index contributed by atoms with van der Waals surface area (Å²) in [4.78, 5) is 23.7. The van der Waals surface area contributed by atoms with Crippen molar-refractivity contribution in [2.75, 3.05) is 11.6 Å². The maximum absolute atomic E-state index is 12.2. The van der Waals surface area contributed by atoms with E-state index in [9.17, 15) is 14.1 Å². The third-order valence-electron chi connectivity index (χ3n) is 6.59. The number of amides is 2. The average molecular weight is 492 g/mol. The smallest absolute Gasteiger partial charge is 0.405 e. The lowest BCUT2D eigenvalue weighted by Crippen LogP contribution is -2.49. The number of ether oxygens (including phenoxy) is 1. The summed E-state index contributed by atoms with van der Waals surface area (Å²) in [5, 5.41) is 16.5. The summed E-state index contributed by atoms with van der Waals surface area (Å²) in [6.07, 6.45) is 5.17. The number of aromatic nitrogens is 4. The number of nitrogens with two attached hydrogens (primary N) is 2. The molecular weight excluding hydrogens is 466 g/mol. The summed E-state index contributed by atoms with van der Waals surface area (Å²) in [7, 11) is 0. The lowest BCUT2D eigenvalue weighted by molar-refractivity contribution is -0.0392. The van der Waals surface area contributed by atoms with Crippen LogP contribution in [0.1, 0.15) is 44.0 Å². The Labute approximate surface area is 197 Å². The number of fused-ring (bicyclic) bond motifs is 1. The molecule has 3 atom stereocenters. The van der Waals surface area contributed by atoms with Crippen molar-refractivity contribution < 1.29 is 18.9 Å². The predicted octanol–water partition coefficient (Wildman–Crippen LogP) is 2.14. The van der Waals surface area contributed by atoms with Crippen LogP contribution in [-0.2, 0) is 15.9 Å². The number of anilines is 1. The van der Waals surface area contributed by atoms with E-state index in [-0.39, 0.29) is 11.6 Å². The minimum Gasteiger partial charge on any atom is -0.610 e. The number of rotatable bonds is 6. The Morgan fingerprint density at radius 2 is 2.06 bits per heavy atom. The first-order chi connectivity index (χ1) is 15.4. The molecule has 1 aliphatic carbocycles. The molecule has 1 unspecified atom stereocenters. The minimum absolute atomic E-state index is 0.153. The second kappa shape index (κ2) is 8.15. The van der Waals surface area contributed by atoms with Crippen LogP contribution in [0, 0.1) is 5.41 Å². The Morgan fingerprint density at radius 3 is 2.67 bits per heavy atom. The molecule has 1 fully saturated rings.